The molecule has 0 saturated carbocycles. The topological polar surface area (TPSA) is 94.1 Å². The second-order valence-electron chi connectivity index (χ2n) is 4.74. The van der Waals surface area contributed by atoms with Crippen molar-refractivity contribution in [3.63, 3.8) is 0 Å². The third-order valence-electron chi connectivity index (χ3n) is 3.20. The Morgan fingerprint density at radius 1 is 1.04 bits per heavy atom. The Morgan fingerprint density at radius 3 is 2.25 bits per heavy atom. The summed E-state index contributed by atoms with van der Waals surface area (Å²) in [5.74, 6) is -0.673. The van der Waals surface area contributed by atoms with Gasteiger partial charge in [-0.05, 0) is 5.56 Å². The number of carboxylic acids is 1. The summed E-state index contributed by atoms with van der Waals surface area (Å²) in [5.41, 5.74) is 0.737. The van der Waals surface area contributed by atoms with Crippen molar-refractivity contribution in [2.24, 2.45) is 0 Å². The van der Waals surface area contributed by atoms with E-state index in [2.05, 4.69) is 5.32 Å². The Labute approximate surface area is 138 Å². The van der Waals surface area contributed by atoms with Crippen molar-refractivity contribution in [2.75, 3.05) is 19.5 Å². The first kappa shape index (κ1) is 17.1. The van der Waals surface area contributed by atoms with Crippen molar-refractivity contribution in [1.82, 2.24) is 0 Å². The van der Waals surface area contributed by atoms with Crippen LogP contribution in [0.15, 0.2) is 42.5 Å². The summed E-state index contributed by atoms with van der Waals surface area (Å²) >= 11 is 0. The molecule has 0 saturated heterocycles. The minimum atomic E-state index is -1.21. The van der Waals surface area contributed by atoms with Crippen LogP contribution >= 0.6 is 0 Å². The highest BCUT2D eigenvalue weighted by atomic mass is 16.5. The van der Waals surface area contributed by atoms with Crippen molar-refractivity contribution in [2.45, 2.75) is 6.61 Å². The smallest absolute Gasteiger partial charge is 0.411 e. The Morgan fingerprint density at radius 2 is 1.67 bits per heavy atom. The van der Waals surface area contributed by atoms with Crippen LogP contribution in [0, 0.1) is 0 Å². The van der Waals surface area contributed by atoms with Gasteiger partial charge in [0, 0.05) is 12.1 Å². The third-order valence-corrected chi connectivity index (χ3v) is 3.20. The summed E-state index contributed by atoms with van der Waals surface area (Å²) < 4.78 is 15.3. The maximum Gasteiger partial charge on any atom is 0.411 e. The summed E-state index contributed by atoms with van der Waals surface area (Å²) in [4.78, 5) is 23.3. The van der Waals surface area contributed by atoms with E-state index in [1.807, 2.05) is 30.3 Å². The van der Waals surface area contributed by atoms with Gasteiger partial charge in [0.1, 0.15) is 6.61 Å². The van der Waals surface area contributed by atoms with Gasteiger partial charge in [-0.2, -0.15) is 0 Å². The number of hydrogen-bond acceptors (Lipinski definition) is 5. The van der Waals surface area contributed by atoms with Gasteiger partial charge in [-0.25, -0.2) is 9.59 Å². The van der Waals surface area contributed by atoms with Gasteiger partial charge in [-0.3, -0.25) is 5.32 Å². The number of carbonyl (C=O) groups is 2. The van der Waals surface area contributed by atoms with Gasteiger partial charge < -0.3 is 19.3 Å². The molecule has 2 aromatic carbocycles. The zero-order valence-corrected chi connectivity index (χ0v) is 13.2. The molecule has 0 aliphatic heterocycles. The predicted molar refractivity (Wildman–Crippen MR) is 86.8 cm³/mol. The van der Waals surface area contributed by atoms with Crippen LogP contribution in [0.4, 0.5) is 10.5 Å². The Bertz CT molecular complexity index is 729. The van der Waals surface area contributed by atoms with Gasteiger partial charge >= 0.3 is 12.1 Å². The van der Waals surface area contributed by atoms with Crippen molar-refractivity contribution in [3.8, 4) is 11.5 Å². The molecule has 0 aliphatic carbocycles. The first-order valence-corrected chi connectivity index (χ1v) is 7.02. The lowest BCUT2D eigenvalue weighted by molar-refractivity contribution is 0.0697. The second kappa shape index (κ2) is 7.87. The quantitative estimate of drug-likeness (QED) is 0.844. The normalized spacial score (nSPS) is 9.92. The van der Waals surface area contributed by atoms with Crippen LogP contribution in [-0.2, 0) is 11.3 Å². The summed E-state index contributed by atoms with van der Waals surface area (Å²) in [6, 6.07) is 11.8. The average molecular weight is 331 g/mol. The van der Waals surface area contributed by atoms with Gasteiger partial charge in [0.05, 0.1) is 25.5 Å². The molecule has 2 aromatic rings. The maximum atomic E-state index is 11.9. The van der Waals surface area contributed by atoms with E-state index in [9.17, 15) is 14.7 Å². The minimum absolute atomic E-state index is 0.0539. The molecule has 7 nitrogen and oxygen atoms in total. The Balaban J connectivity index is 2.15. The monoisotopic (exact) mass is 331 g/mol. The molecule has 0 radical (unpaired) electrons. The number of hydrogen-bond donors (Lipinski definition) is 2. The van der Waals surface area contributed by atoms with E-state index in [0.29, 0.717) is 5.75 Å². The minimum Gasteiger partial charge on any atom is -0.493 e. The van der Waals surface area contributed by atoms with E-state index >= 15 is 0 Å². The van der Waals surface area contributed by atoms with Crippen molar-refractivity contribution in [1.29, 1.82) is 0 Å². The molecule has 2 N–H and O–H groups in total. The summed E-state index contributed by atoms with van der Waals surface area (Å²) in [6.07, 6.45) is -0.770. The molecule has 0 spiro atoms. The molecule has 0 heterocycles. The number of methoxy groups -OCH3 is 2. The number of carboxylic acid groups (broad SMARTS) is 1. The van der Waals surface area contributed by atoms with Crippen molar-refractivity contribution < 1.29 is 28.9 Å². The second-order valence-corrected chi connectivity index (χ2v) is 4.74. The molecule has 2 rings (SSSR count). The largest absolute Gasteiger partial charge is 0.493 e. The molecular weight excluding hydrogens is 314 g/mol. The van der Waals surface area contributed by atoms with Crippen LogP contribution < -0.4 is 14.8 Å². The molecule has 1 amide bonds. The SMILES string of the molecule is COc1cc(NC(=O)OCc2ccccc2)c(C(=O)O)cc1OC. The lowest BCUT2D eigenvalue weighted by Gasteiger charge is -2.13. The van der Waals surface area contributed by atoms with Gasteiger partial charge in [0.15, 0.2) is 11.5 Å². The van der Waals surface area contributed by atoms with E-state index < -0.39 is 12.1 Å². The number of ether oxygens (including phenoxy) is 3. The number of benzene rings is 2. The summed E-state index contributed by atoms with van der Waals surface area (Å²) in [7, 11) is 2.81. The number of anilines is 1. The zero-order valence-electron chi connectivity index (χ0n) is 13.2. The van der Waals surface area contributed by atoms with Crippen LogP contribution in [0.25, 0.3) is 0 Å². The highest BCUT2D eigenvalue weighted by molar-refractivity contribution is 5.99. The lowest BCUT2D eigenvalue weighted by atomic mass is 10.1. The molecule has 0 unspecified atom stereocenters. The lowest BCUT2D eigenvalue weighted by Crippen LogP contribution is -2.16. The Kier molecular flexibility index (Phi) is 5.62. The van der Waals surface area contributed by atoms with Crippen molar-refractivity contribution in [3.05, 3.63) is 53.6 Å². The highest BCUT2D eigenvalue weighted by Gasteiger charge is 2.18. The fourth-order valence-electron chi connectivity index (χ4n) is 2.03. The number of nitrogens with one attached hydrogen (secondary N) is 1. The molecule has 0 aromatic heterocycles. The van der Waals surface area contributed by atoms with E-state index in [0.717, 1.165) is 5.56 Å². The van der Waals surface area contributed by atoms with Crippen LogP contribution in [0.3, 0.4) is 0 Å². The van der Waals surface area contributed by atoms with Crippen LogP contribution in [0.2, 0.25) is 0 Å². The zero-order chi connectivity index (χ0) is 17.5. The first-order chi connectivity index (χ1) is 11.5. The van der Waals surface area contributed by atoms with E-state index in [1.165, 1.54) is 26.4 Å². The van der Waals surface area contributed by atoms with Crippen LogP contribution in [0.1, 0.15) is 15.9 Å². The van der Waals surface area contributed by atoms with E-state index in [-0.39, 0.29) is 23.6 Å². The summed E-state index contributed by atoms with van der Waals surface area (Å²) in [5, 5.41) is 11.7. The molecule has 0 fully saturated rings. The van der Waals surface area contributed by atoms with E-state index in [4.69, 9.17) is 14.2 Å². The van der Waals surface area contributed by atoms with Gasteiger partial charge in [-0.1, -0.05) is 30.3 Å². The van der Waals surface area contributed by atoms with Gasteiger partial charge in [0.25, 0.3) is 0 Å². The van der Waals surface area contributed by atoms with Crippen LogP contribution in [-0.4, -0.2) is 31.4 Å². The average Bonchev–Trinajstić information content (AvgIpc) is 2.60. The molecule has 0 atom stereocenters. The molecule has 0 bridgehead atoms. The third kappa shape index (κ3) is 4.16. The fourth-order valence-corrected chi connectivity index (χ4v) is 2.03. The molecule has 126 valence electrons. The highest BCUT2D eigenvalue weighted by Crippen LogP contribution is 2.33. The Hall–Kier alpha value is -3.22. The fraction of sp³-hybridized carbons (Fsp3) is 0.176. The molecule has 24 heavy (non-hydrogen) atoms. The van der Waals surface area contributed by atoms with Gasteiger partial charge in [-0.15, -0.1) is 0 Å². The van der Waals surface area contributed by atoms with E-state index in [1.54, 1.807) is 0 Å². The van der Waals surface area contributed by atoms with Gasteiger partial charge in [0.2, 0.25) is 0 Å². The molecule has 0 aliphatic rings. The standard InChI is InChI=1S/C17H17NO6/c1-22-14-8-12(16(19)20)13(9-15(14)23-2)18-17(21)24-10-11-6-4-3-5-7-11/h3-9H,10H2,1-2H3,(H,18,21)(H,19,20). The predicted octanol–water partition coefficient (Wildman–Crippen LogP) is 3.15. The van der Waals surface area contributed by atoms with Crippen molar-refractivity contribution >= 4 is 17.7 Å². The number of carbonyl (C=O) groups excluding carboxylic acids is 1. The number of rotatable bonds is 6. The molecule has 7 heteroatoms. The maximum absolute atomic E-state index is 11.9. The summed E-state index contributed by atoms with van der Waals surface area (Å²) in [6.45, 7) is 0.0718. The number of amides is 1. The number of aromatic carboxylic acids is 1. The van der Waals surface area contributed by atoms with Crippen LogP contribution in [0.5, 0.6) is 11.5 Å². The first-order valence-electron chi connectivity index (χ1n) is 7.02. The molecular formula is C17H17NO6.